The Bertz CT molecular complexity index is 471. The summed E-state index contributed by atoms with van der Waals surface area (Å²) in [6, 6.07) is 7.70. The fourth-order valence-corrected chi connectivity index (χ4v) is 1.39. The third kappa shape index (κ3) is 2.28. The fraction of sp³-hybridized carbons (Fsp3) is 0.167. The maximum Gasteiger partial charge on any atom is 0.227 e. The lowest BCUT2D eigenvalue weighted by atomic mass is 10.2. The van der Waals surface area contributed by atoms with Gasteiger partial charge in [-0.1, -0.05) is 6.07 Å². The van der Waals surface area contributed by atoms with Gasteiger partial charge >= 0.3 is 0 Å². The largest absolute Gasteiger partial charge is 0.495 e. The van der Waals surface area contributed by atoms with Gasteiger partial charge in [0.15, 0.2) is 0 Å². The van der Waals surface area contributed by atoms with Crippen LogP contribution in [0.1, 0.15) is 5.56 Å². The molecule has 0 saturated heterocycles. The molecule has 4 nitrogen and oxygen atoms in total. The highest BCUT2D eigenvalue weighted by Gasteiger charge is 2.04. The molecule has 0 amide bonds. The van der Waals surface area contributed by atoms with Crippen molar-refractivity contribution in [3.63, 3.8) is 0 Å². The number of methoxy groups -OCH3 is 1. The molecule has 16 heavy (non-hydrogen) atoms. The van der Waals surface area contributed by atoms with Crippen molar-refractivity contribution in [1.82, 2.24) is 9.97 Å². The monoisotopic (exact) mass is 215 g/mol. The van der Waals surface area contributed by atoms with E-state index in [1.807, 2.05) is 25.1 Å². The molecule has 2 aromatic rings. The number of ether oxygens (including phenoxy) is 1. The molecule has 1 N–H and O–H groups in total. The summed E-state index contributed by atoms with van der Waals surface area (Å²) < 4.78 is 5.28. The molecule has 1 heterocycles. The van der Waals surface area contributed by atoms with Crippen LogP contribution in [-0.2, 0) is 0 Å². The van der Waals surface area contributed by atoms with Gasteiger partial charge in [-0.15, -0.1) is 0 Å². The number of aryl methyl sites for hydroxylation is 1. The quantitative estimate of drug-likeness (QED) is 0.854. The summed E-state index contributed by atoms with van der Waals surface area (Å²) in [5, 5.41) is 3.10. The number of nitrogens with one attached hydrogen (secondary N) is 1. The molecule has 2 rings (SSSR count). The Morgan fingerprint density at radius 3 is 2.62 bits per heavy atom. The molecule has 0 aliphatic rings. The summed E-state index contributed by atoms with van der Waals surface area (Å²) in [6.07, 6.45) is 3.38. The van der Waals surface area contributed by atoms with Crippen LogP contribution in [0.15, 0.2) is 36.7 Å². The van der Waals surface area contributed by atoms with Crippen molar-refractivity contribution in [2.24, 2.45) is 0 Å². The van der Waals surface area contributed by atoms with Crippen molar-refractivity contribution in [2.75, 3.05) is 12.4 Å². The SMILES string of the molecule is COc1cc(C)ccc1Nc1ncccn1. The van der Waals surface area contributed by atoms with Crippen molar-refractivity contribution in [1.29, 1.82) is 0 Å². The molecule has 0 aliphatic carbocycles. The van der Waals surface area contributed by atoms with Crippen LogP contribution < -0.4 is 10.1 Å². The van der Waals surface area contributed by atoms with Crippen molar-refractivity contribution < 1.29 is 4.74 Å². The number of aromatic nitrogens is 2. The fourth-order valence-electron chi connectivity index (χ4n) is 1.39. The lowest BCUT2D eigenvalue weighted by Crippen LogP contribution is -1.98. The van der Waals surface area contributed by atoms with E-state index in [-0.39, 0.29) is 0 Å². The molecule has 0 radical (unpaired) electrons. The molecule has 1 aromatic heterocycles. The van der Waals surface area contributed by atoms with E-state index in [1.54, 1.807) is 25.6 Å². The van der Waals surface area contributed by atoms with Crippen LogP contribution in [-0.4, -0.2) is 17.1 Å². The molecule has 0 fully saturated rings. The highest BCUT2D eigenvalue weighted by molar-refractivity contribution is 5.63. The average Bonchev–Trinajstić information content (AvgIpc) is 2.33. The van der Waals surface area contributed by atoms with Gasteiger partial charge in [-0.3, -0.25) is 0 Å². The minimum Gasteiger partial charge on any atom is -0.495 e. The molecule has 0 saturated carbocycles. The van der Waals surface area contributed by atoms with Crippen LogP contribution in [0.5, 0.6) is 5.75 Å². The average molecular weight is 215 g/mol. The Balaban J connectivity index is 2.28. The number of benzene rings is 1. The molecule has 0 aliphatic heterocycles. The summed E-state index contributed by atoms with van der Waals surface area (Å²) >= 11 is 0. The van der Waals surface area contributed by atoms with E-state index in [2.05, 4.69) is 15.3 Å². The molecule has 4 heteroatoms. The lowest BCUT2D eigenvalue weighted by molar-refractivity contribution is 0.416. The van der Waals surface area contributed by atoms with Gasteiger partial charge in [0, 0.05) is 12.4 Å². The van der Waals surface area contributed by atoms with E-state index in [0.717, 1.165) is 17.0 Å². The van der Waals surface area contributed by atoms with Crippen molar-refractivity contribution in [2.45, 2.75) is 6.92 Å². The Labute approximate surface area is 94.3 Å². The van der Waals surface area contributed by atoms with Gasteiger partial charge < -0.3 is 10.1 Å². The molecule has 1 aromatic carbocycles. The van der Waals surface area contributed by atoms with Crippen LogP contribution in [0.25, 0.3) is 0 Å². The van der Waals surface area contributed by atoms with E-state index in [9.17, 15) is 0 Å². The van der Waals surface area contributed by atoms with Crippen molar-refractivity contribution in [3.05, 3.63) is 42.2 Å². The third-order valence-corrected chi connectivity index (χ3v) is 2.17. The standard InChI is InChI=1S/C12H13N3O/c1-9-4-5-10(11(8-9)16-2)15-12-13-6-3-7-14-12/h3-8H,1-2H3,(H,13,14,15). The van der Waals surface area contributed by atoms with E-state index in [4.69, 9.17) is 4.74 Å². The number of hydrogen-bond donors (Lipinski definition) is 1. The summed E-state index contributed by atoms with van der Waals surface area (Å²) in [5.41, 5.74) is 2.01. The van der Waals surface area contributed by atoms with Gasteiger partial charge in [-0.25, -0.2) is 9.97 Å². The number of rotatable bonds is 3. The molecular weight excluding hydrogens is 202 g/mol. The van der Waals surface area contributed by atoms with Crippen LogP contribution >= 0.6 is 0 Å². The zero-order valence-electron chi connectivity index (χ0n) is 9.27. The van der Waals surface area contributed by atoms with Gasteiger partial charge in [0.05, 0.1) is 12.8 Å². The molecule has 82 valence electrons. The van der Waals surface area contributed by atoms with E-state index in [0.29, 0.717) is 5.95 Å². The van der Waals surface area contributed by atoms with Crippen LogP contribution in [0.2, 0.25) is 0 Å². The van der Waals surface area contributed by atoms with Crippen LogP contribution in [0.3, 0.4) is 0 Å². The van der Waals surface area contributed by atoms with Gasteiger partial charge in [0.25, 0.3) is 0 Å². The Hall–Kier alpha value is -2.10. The maximum atomic E-state index is 5.28. The van der Waals surface area contributed by atoms with E-state index >= 15 is 0 Å². The first-order valence-corrected chi connectivity index (χ1v) is 4.98. The predicted molar refractivity (Wildman–Crippen MR) is 63.0 cm³/mol. The second kappa shape index (κ2) is 4.61. The summed E-state index contributed by atoms with van der Waals surface area (Å²) in [6.45, 7) is 2.02. The lowest BCUT2D eigenvalue weighted by Gasteiger charge is -2.10. The van der Waals surface area contributed by atoms with Crippen LogP contribution in [0.4, 0.5) is 11.6 Å². The first-order valence-electron chi connectivity index (χ1n) is 4.98. The van der Waals surface area contributed by atoms with Gasteiger partial charge in [-0.2, -0.15) is 0 Å². The number of anilines is 2. The number of nitrogens with zero attached hydrogens (tertiary/aromatic N) is 2. The molecule has 0 unspecified atom stereocenters. The molecular formula is C12H13N3O. The highest BCUT2D eigenvalue weighted by atomic mass is 16.5. The maximum absolute atomic E-state index is 5.28. The predicted octanol–water partition coefficient (Wildman–Crippen LogP) is 2.54. The smallest absolute Gasteiger partial charge is 0.227 e. The molecule has 0 bridgehead atoms. The van der Waals surface area contributed by atoms with E-state index < -0.39 is 0 Å². The zero-order valence-corrected chi connectivity index (χ0v) is 9.27. The van der Waals surface area contributed by atoms with Gasteiger partial charge in [-0.05, 0) is 30.7 Å². The highest BCUT2D eigenvalue weighted by Crippen LogP contribution is 2.26. The normalized spacial score (nSPS) is 9.88. The Morgan fingerprint density at radius 2 is 1.94 bits per heavy atom. The van der Waals surface area contributed by atoms with E-state index in [1.165, 1.54) is 0 Å². The summed E-state index contributed by atoms with van der Waals surface area (Å²) in [5.74, 6) is 1.34. The number of hydrogen-bond acceptors (Lipinski definition) is 4. The Morgan fingerprint density at radius 1 is 1.19 bits per heavy atom. The van der Waals surface area contributed by atoms with Crippen molar-refractivity contribution >= 4 is 11.6 Å². The molecule has 0 spiro atoms. The van der Waals surface area contributed by atoms with Crippen molar-refractivity contribution in [3.8, 4) is 5.75 Å². The first-order chi connectivity index (χ1) is 7.79. The minimum absolute atomic E-state index is 0.560. The zero-order chi connectivity index (χ0) is 11.4. The summed E-state index contributed by atoms with van der Waals surface area (Å²) in [4.78, 5) is 8.19. The summed E-state index contributed by atoms with van der Waals surface area (Å²) in [7, 11) is 1.64. The minimum atomic E-state index is 0.560. The first kappa shape index (κ1) is 10.4. The second-order valence-corrected chi connectivity index (χ2v) is 3.40. The third-order valence-electron chi connectivity index (χ3n) is 2.17. The molecule has 0 atom stereocenters. The van der Waals surface area contributed by atoms with Gasteiger partial charge in [0.1, 0.15) is 5.75 Å². The Kier molecular flexibility index (Phi) is 3.00. The topological polar surface area (TPSA) is 47.0 Å². The van der Waals surface area contributed by atoms with Gasteiger partial charge in [0.2, 0.25) is 5.95 Å². The second-order valence-electron chi connectivity index (χ2n) is 3.40. The van der Waals surface area contributed by atoms with Crippen LogP contribution in [0, 0.1) is 6.92 Å².